The Morgan fingerprint density at radius 1 is 1.33 bits per heavy atom. The van der Waals surface area contributed by atoms with Crippen LogP contribution in [-0.2, 0) is 0 Å². The summed E-state index contributed by atoms with van der Waals surface area (Å²) < 4.78 is 0. The molecule has 0 bridgehead atoms. The molecule has 0 aliphatic heterocycles. The lowest BCUT2D eigenvalue weighted by atomic mass is 10.2. The standard InChI is InChI=1S/C9H9N3/c10-7-1-2-8-3-5-9(12-11)6-4-8/h1-6,12H,11H2. The van der Waals surface area contributed by atoms with Gasteiger partial charge in [-0.2, -0.15) is 5.26 Å². The summed E-state index contributed by atoms with van der Waals surface area (Å²) in [5, 5.41) is 8.26. The smallest absolute Gasteiger partial charge is 0.0912 e. The molecule has 3 nitrogen and oxygen atoms in total. The predicted molar refractivity (Wildman–Crippen MR) is 48.9 cm³/mol. The second-order valence-corrected chi connectivity index (χ2v) is 2.23. The summed E-state index contributed by atoms with van der Waals surface area (Å²) in [5.41, 5.74) is 4.35. The fourth-order valence-electron chi connectivity index (χ4n) is 0.824. The van der Waals surface area contributed by atoms with Crippen LogP contribution >= 0.6 is 0 Å². The summed E-state index contributed by atoms with van der Waals surface area (Å²) >= 11 is 0. The molecule has 60 valence electrons. The third-order valence-corrected chi connectivity index (χ3v) is 1.43. The van der Waals surface area contributed by atoms with Crippen molar-refractivity contribution >= 4 is 11.8 Å². The van der Waals surface area contributed by atoms with Gasteiger partial charge < -0.3 is 5.43 Å². The molecule has 0 spiro atoms. The van der Waals surface area contributed by atoms with Gasteiger partial charge in [-0.3, -0.25) is 5.84 Å². The Morgan fingerprint density at radius 2 is 2.00 bits per heavy atom. The molecule has 3 N–H and O–H groups in total. The Morgan fingerprint density at radius 3 is 2.50 bits per heavy atom. The van der Waals surface area contributed by atoms with Gasteiger partial charge in [0.1, 0.15) is 0 Å². The van der Waals surface area contributed by atoms with Crippen LogP contribution in [0.25, 0.3) is 6.08 Å². The SMILES string of the molecule is N#CC=Cc1ccc(NN)cc1. The highest BCUT2D eigenvalue weighted by Crippen LogP contribution is 2.08. The lowest BCUT2D eigenvalue weighted by Gasteiger charge is -1.98. The first-order chi connectivity index (χ1) is 5.86. The molecule has 1 rings (SSSR count). The van der Waals surface area contributed by atoms with Crippen molar-refractivity contribution in [3.8, 4) is 6.07 Å². The molecule has 0 aromatic heterocycles. The maximum Gasteiger partial charge on any atom is 0.0912 e. The molecule has 0 aliphatic rings. The van der Waals surface area contributed by atoms with Crippen LogP contribution in [0.4, 0.5) is 5.69 Å². The van der Waals surface area contributed by atoms with Crippen molar-refractivity contribution in [3.05, 3.63) is 35.9 Å². The molecular weight excluding hydrogens is 150 g/mol. The topological polar surface area (TPSA) is 61.8 Å². The number of nitrogens with one attached hydrogen (secondary N) is 1. The van der Waals surface area contributed by atoms with Crippen molar-refractivity contribution in [2.45, 2.75) is 0 Å². The lowest BCUT2D eigenvalue weighted by Crippen LogP contribution is -2.05. The minimum atomic E-state index is 0.851. The highest BCUT2D eigenvalue weighted by Gasteiger charge is 1.87. The van der Waals surface area contributed by atoms with E-state index in [9.17, 15) is 0 Å². The summed E-state index contributed by atoms with van der Waals surface area (Å²) in [4.78, 5) is 0. The largest absolute Gasteiger partial charge is 0.324 e. The van der Waals surface area contributed by atoms with Crippen molar-refractivity contribution in [3.63, 3.8) is 0 Å². The minimum Gasteiger partial charge on any atom is -0.324 e. The molecule has 1 aromatic carbocycles. The molecule has 1 aromatic rings. The van der Waals surface area contributed by atoms with E-state index in [-0.39, 0.29) is 0 Å². The highest BCUT2D eigenvalue weighted by atomic mass is 15.2. The quantitative estimate of drug-likeness (QED) is 0.390. The Hall–Kier alpha value is -1.79. The normalized spacial score (nSPS) is 9.67. The number of nitrogen functional groups attached to an aromatic ring is 1. The van der Waals surface area contributed by atoms with Crippen molar-refractivity contribution in [1.29, 1.82) is 5.26 Å². The van der Waals surface area contributed by atoms with Gasteiger partial charge in [0.2, 0.25) is 0 Å². The van der Waals surface area contributed by atoms with Gasteiger partial charge in [-0.1, -0.05) is 12.1 Å². The number of nitrogens with zero attached hydrogens (tertiary/aromatic N) is 1. The number of allylic oxidation sites excluding steroid dienone is 1. The number of nitriles is 1. The summed E-state index contributed by atoms with van der Waals surface area (Å²) in [6, 6.07) is 9.37. The molecule has 0 aliphatic carbocycles. The third-order valence-electron chi connectivity index (χ3n) is 1.43. The van der Waals surface area contributed by atoms with E-state index in [1.54, 1.807) is 6.08 Å². The molecule has 0 unspecified atom stereocenters. The van der Waals surface area contributed by atoms with E-state index in [1.165, 1.54) is 6.08 Å². The van der Waals surface area contributed by atoms with E-state index in [2.05, 4.69) is 5.43 Å². The van der Waals surface area contributed by atoms with Gasteiger partial charge in [0.05, 0.1) is 6.07 Å². The number of anilines is 1. The van der Waals surface area contributed by atoms with Crippen LogP contribution in [0.1, 0.15) is 5.56 Å². The zero-order chi connectivity index (χ0) is 8.81. The zero-order valence-corrected chi connectivity index (χ0v) is 6.49. The van der Waals surface area contributed by atoms with Gasteiger partial charge in [-0.05, 0) is 23.8 Å². The highest BCUT2D eigenvalue weighted by molar-refractivity contribution is 5.55. The Bertz CT molecular complexity index is 306. The van der Waals surface area contributed by atoms with Gasteiger partial charge in [0.25, 0.3) is 0 Å². The van der Waals surface area contributed by atoms with Gasteiger partial charge in [-0.25, -0.2) is 0 Å². The number of rotatable bonds is 2. The maximum absolute atomic E-state index is 8.26. The molecule has 0 radical (unpaired) electrons. The Kier molecular flexibility index (Phi) is 2.88. The second-order valence-electron chi connectivity index (χ2n) is 2.23. The summed E-state index contributed by atoms with van der Waals surface area (Å²) in [6.07, 6.45) is 3.17. The fourth-order valence-corrected chi connectivity index (χ4v) is 0.824. The van der Waals surface area contributed by atoms with Crippen LogP contribution < -0.4 is 11.3 Å². The molecule has 3 heteroatoms. The first-order valence-electron chi connectivity index (χ1n) is 3.49. The van der Waals surface area contributed by atoms with Gasteiger partial charge in [0.15, 0.2) is 0 Å². The van der Waals surface area contributed by atoms with Gasteiger partial charge in [0, 0.05) is 11.8 Å². The van der Waals surface area contributed by atoms with Crippen molar-refractivity contribution in [2.24, 2.45) is 5.84 Å². The molecular formula is C9H9N3. The van der Waals surface area contributed by atoms with Crippen molar-refractivity contribution in [2.75, 3.05) is 5.43 Å². The van der Waals surface area contributed by atoms with Crippen LogP contribution in [0.3, 0.4) is 0 Å². The van der Waals surface area contributed by atoms with Crippen LogP contribution in [0.2, 0.25) is 0 Å². The van der Waals surface area contributed by atoms with Crippen LogP contribution in [0.5, 0.6) is 0 Å². The van der Waals surface area contributed by atoms with E-state index in [1.807, 2.05) is 30.3 Å². The first kappa shape index (κ1) is 8.31. The molecule has 0 saturated carbocycles. The average Bonchev–Trinajstić information content (AvgIpc) is 2.15. The molecule has 0 atom stereocenters. The Balaban J connectivity index is 2.79. The van der Waals surface area contributed by atoms with Gasteiger partial charge in [-0.15, -0.1) is 0 Å². The Labute approximate surface area is 71.1 Å². The van der Waals surface area contributed by atoms with Crippen LogP contribution in [-0.4, -0.2) is 0 Å². The summed E-state index contributed by atoms with van der Waals surface area (Å²) in [5.74, 6) is 5.18. The predicted octanol–water partition coefficient (Wildman–Crippen LogP) is 1.51. The number of benzene rings is 1. The monoisotopic (exact) mass is 159 g/mol. The lowest BCUT2D eigenvalue weighted by molar-refractivity contribution is 1.35. The number of hydrazine groups is 1. The molecule has 0 saturated heterocycles. The summed E-state index contributed by atoms with van der Waals surface area (Å²) in [6.45, 7) is 0. The number of hydrogen-bond acceptors (Lipinski definition) is 3. The second kappa shape index (κ2) is 4.16. The van der Waals surface area contributed by atoms with Crippen LogP contribution in [0.15, 0.2) is 30.3 Å². The molecule has 0 amide bonds. The van der Waals surface area contributed by atoms with E-state index in [0.717, 1.165) is 11.3 Å². The van der Waals surface area contributed by atoms with Crippen molar-refractivity contribution < 1.29 is 0 Å². The molecule has 0 heterocycles. The third kappa shape index (κ3) is 2.11. The van der Waals surface area contributed by atoms with Crippen molar-refractivity contribution in [1.82, 2.24) is 0 Å². The number of nitrogens with two attached hydrogens (primary N) is 1. The first-order valence-corrected chi connectivity index (χ1v) is 3.49. The summed E-state index contributed by atoms with van der Waals surface area (Å²) in [7, 11) is 0. The van der Waals surface area contributed by atoms with Crippen LogP contribution in [0, 0.1) is 11.3 Å². The van der Waals surface area contributed by atoms with Gasteiger partial charge >= 0.3 is 0 Å². The zero-order valence-electron chi connectivity index (χ0n) is 6.49. The fraction of sp³-hybridized carbons (Fsp3) is 0. The van der Waals surface area contributed by atoms with E-state index < -0.39 is 0 Å². The molecule has 0 fully saturated rings. The van der Waals surface area contributed by atoms with E-state index in [4.69, 9.17) is 11.1 Å². The van der Waals surface area contributed by atoms with E-state index >= 15 is 0 Å². The minimum absolute atomic E-state index is 0.851. The average molecular weight is 159 g/mol. The number of hydrogen-bond donors (Lipinski definition) is 2. The van der Waals surface area contributed by atoms with E-state index in [0.29, 0.717) is 0 Å². The molecule has 12 heavy (non-hydrogen) atoms. The maximum atomic E-state index is 8.26.